The van der Waals surface area contributed by atoms with Crippen molar-refractivity contribution in [2.24, 2.45) is 5.92 Å². The topological polar surface area (TPSA) is 29.5 Å². The maximum absolute atomic E-state index is 13.8. The highest BCUT2D eigenvalue weighted by Crippen LogP contribution is 2.49. The van der Waals surface area contributed by atoms with Crippen LogP contribution in [0, 0.1) is 15.3 Å². The maximum Gasteiger partial charge on any atom is 0.311 e. The van der Waals surface area contributed by atoms with E-state index >= 15 is 0 Å². The third kappa shape index (κ3) is 3.10. The minimum absolute atomic E-state index is 0.0484. The van der Waals surface area contributed by atoms with E-state index in [1.807, 2.05) is 6.07 Å². The Morgan fingerprint density at radius 2 is 1.96 bits per heavy atom. The van der Waals surface area contributed by atoms with Gasteiger partial charge in [-0.25, -0.2) is 4.39 Å². The highest BCUT2D eigenvalue weighted by atomic mass is 127. The number of nitrogens with zero attached hydrogens (tertiary/aromatic N) is 1. The Balaban J connectivity index is 1.72. The number of carbonyl (C=O) groups is 1. The van der Waals surface area contributed by atoms with Gasteiger partial charge in [0.1, 0.15) is 5.82 Å². The van der Waals surface area contributed by atoms with Crippen LogP contribution < -0.4 is 4.90 Å². The molecule has 2 aromatic rings. The molecule has 2 heterocycles. The number of anilines is 1. The van der Waals surface area contributed by atoms with Crippen LogP contribution in [0.2, 0.25) is 0 Å². The zero-order valence-corrected chi connectivity index (χ0v) is 16.7. The zero-order chi connectivity index (χ0) is 18.3. The molecular formula is C21H21FINO2. The second kappa shape index (κ2) is 7.18. The number of halogens is 2. The normalized spacial score (nSPS) is 27.4. The van der Waals surface area contributed by atoms with Crippen molar-refractivity contribution in [1.29, 1.82) is 0 Å². The van der Waals surface area contributed by atoms with Crippen LogP contribution in [0.3, 0.4) is 0 Å². The van der Waals surface area contributed by atoms with E-state index < -0.39 is 0 Å². The summed E-state index contributed by atoms with van der Waals surface area (Å²) in [5, 5.41) is 0. The number of esters is 1. The van der Waals surface area contributed by atoms with E-state index in [9.17, 15) is 9.18 Å². The lowest BCUT2D eigenvalue weighted by Crippen LogP contribution is -2.51. The summed E-state index contributed by atoms with van der Waals surface area (Å²) in [4.78, 5) is 15.0. The molecule has 2 aromatic carbocycles. The lowest BCUT2D eigenvalue weighted by molar-refractivity contribution is -0.147. The van der Waals surface area contributed by atoms with Crippen LogP contribution in [0.1, 0.15) is 30.7 Å². The SMILES string of the molecule is COC(=O)[C@H]1[C@@H](c2ccc(I)cc2)C[C@@H]2CC[C@H]1N2c1cccc(F)c1. The molecule has 2 saturated heterocycles. The molecule has 0 spiro atoms. The van der Waals surface area contributed by atoms with Crippen LogP contribution in [0.5, 0.6) is 0 Å². The van der Waals surface area contributed by atoms with Gasteiger partial charge in [-0.15, -0.1) is 0 Å². The fourth-order valence-electron chi connectivity index (χ4n) is 4.75. The molecule has 26 heavy (non-hydrogen) atoms. The molecule has 2 aliphatic heterocycles. The number of ether oxygens (including phenoxy) is 1. The fraction of sp³-hybridized carbons (Fsp3) is 0.381. The summed E-state index contributed by atoms with van der Waals surface area (Å²) in [5.41, 5.74) is 2.06. The van der Waals surface area contributed by atoms with Crippen LogP contribution in [-0.2, 0) is 9.53 Å². The number of fused-ring (bicyclic) bond motifs is 2. The largest absolute Gasteiger partial charge is 0.469 e. The first-order valence-electron chi connectivity index (χ1n) is 8.95. The summed E-state index contributed by atoms with van der Waals surface area (Å²) in [6.45, 7) is 0. The molecule has 5 heteroatoms. The van der Waals surface area contributed by atoms with Gasteiger partial charge < -0.3 is 9.64 Å². The highest BCUT2D eigenvalue weighted by Gasteiger charge is 2.51. The smallest absolute Gasteiger partial charge is 0.311 e. The molecule has 4 atom stereocenters. The van der Waals surface area contributed by atoms with Crippen molar-refractivity contribution in [3.8, 4) is 0 Å². The summed E-state index contributed by atoms with van der Waals surface area (Å²) < 4.78 is 20.1. The van der Waals surface area contributed by atoms with Crippen LogP contribution in [-0.4, -0.2) is 25.2 Å². The Labute approximate surface area is 166 Å². The number of piperidine rings is 1. The van der Waals surface area contributed by atoms with Crippen molar-refractivity contribution in [3.05, 3.63) is 63.5 Å². The van der Waals surface area contributed by atoms with Gasteiger partial charge in [-0.05, 0) is 77.7 Å². The number of rotatable bonds is 3. The van der Waals surface area contributed by atoms with Gasteiger partial charge >= 0.3 is 5.97 Å². The lowest BCUT2D eigenvalue weighted by atomic mass is 9.76. The first kappa shape index (κ1) is 17.8. The van der Waals surface area contributed by atoms with Gasteiger partial charge in [-0.2, -0.15) is 0 Å². The lowest BCUT2D eigenvalue weighted by Gasteiger charge is -2.45. The van der Waals surface area contributed by atoms with Crippen LogP contribution >= 0.6 is 22.6 Å². The van der Waals surface area contributed by atoms with Crippen LogP contribution in [0.4, 0.5) is 10.1 Å². The highest BCUT2D eigenvalue weighted by molar-refractivity contribution is 14.1. The monoisotopic (exact) mass is 465 g/mol. The second-order valence-corrected chi connectivity index (χ2v) is 8.37. The van der Waals surface area contributed by atoms with E-state index in [0.717, 1.165) is 24.9 Å². The van der Waals surface area contributed by atoms with Crippen LogP contribution in [0.25, 0.3) is 0 Å². The Morgan fingerprint density at radius 1 is 1.19 bits per heavy atom. The first-order chi connectivity index (χ1) is 12.6. The summed E-state index contributed by atoms with van der Waals surface area (Å²) in [6, 6.07) is 15.5. The standard InChI is InChI=1S/C21H21FINO2/c1-26-21(25)20-18(13-5-7-15(23)8-6-13)12-17-9-10-19(20)24(17)16-4-2-3-14(22)11-16/h2-8,11,17-20H,9-10,12H2,1H3/t17-,18+,19+,20-/m0/s1. The van der Waals surface area contributed by atoms with E-state index in [1.54, 1.807) is 12.1 Å². The Morgan fingerprint density at radius 3 is 2.65 bits per heavy atom. The van der Waals surface area contributed by atoms with Gasteiger partial charge in [0.25, 0.3) is 0 Å². The predicted octanol–water partition coefficient (Wildman–Crippen LogP) is 4.74. The van der Waals surface area contributed by atoms with Gasteiger partial charge in [0.15, 0.2) is 0 Å². The quantitative estimate of drug-likeness (QED) is 0.485. The average Bonchev–Trinajstić information content (AvgIpc) is 2.95. The van der Waals surface area contributed by atoms with Crippen molar-refractivity contribution in [2.75, 3.05) is 12.0 Å². The summed E-state index contributed by atoms with van der Waals surface area (Å²) in [7, 11) is 1.46. The molecule has 0 N–H and O–H groups in total. The minimum atomic E-state index is -0.240. The maximum atomic E-state index is 13.8. The third-order valence-corrected chi connectivity index (χ3v) is 6.52. The van der Waals surface area contributed by atoms with Crippen LogP contribution in [0.15, 0.2) is 48.5 Å². The molecule has 0 unspecified atom stereocenters. The van der Waals surface area contributed by atoms with Crippen molar-refractivity contribution in [1.82, 2.24) is 0 Å². The summed E-state index contributed by atoms with van der Waals surface area (Å²) in [6.07, 6.45) is 2.84. The summed E-state index contributed by atoms with van der Waals surface area (Å²) in [5.74, 6) is -0.500. The summed E-state index contributed by atoms with van der Waals surface area (Å²) >= 11 is 2.29. The molecule has 0 radical (unpaired) electrons. The fourth-order valence-corrected chi connectivity index (χ4v) is 5.11. The van der Waals surface area contributed by atoms with Crippen molar-refractivity contribution < 1.29 is 13.9 Å². The molecule has 2 bridgehead atoms. The van der Waals surface area contributed by atoms with Crippen molar-refractivity contribution in [3.63, 3.8) is 0 Å². The molecule has 0 saturated carbocycles. The van der Waals surface area contributed by atoms with E-state index in [1.165, 1.54) is 22.3 Å². The molecule has 0 aromatic heterocycles. The Kier molecular flexibility index (Phi) is 4.90. The van der Waals surface area contributed by atoms with E-state index in [-0.39, 0.29) is 29.7 Å². The Bertz CT molecular complexity index is 810. The Hall–Kier alpha value is -1.63. The minimum Gasteiger partial charge on any atom is -0.469 e. The van der Waals surface area contributed by atoms with Gasteiger partial charge in [0, 0.05) is 27.3 Å². The average molecular weight is 465 g/mol. The van der Waals surface area contributed by atoms with Gasteiger partial charge in [0.2, 0.25) is 0 Å². The van der Waals surface area contributed by atoms with E-state index in [0.29, 0.717) is 6.04 Å². The molecule has 0 amide bonds. The van der Waals surface area contributed by atoms with Gasteiger partial charge in [0.05, 0.1) is 13.0 Å². The van der Waals surface area contributed by atoms with Gasteiger partial charge in [-0.3, -0.25) is 4.79 Å². The van der Waals surface area contributed by atoms with E-state index in [4.69, 9.17) is 4.74 Å². The van der Waals surface area contributed by atoms with E-state index in [2.05, 4.69) is 51.8 Å². The zero-order valence-electron chi connectivity index (χ0n) is 14.6. The molecule has 2 fully saturated rings. The molecule has 0 aliphatic carbocycles. The van der Waals surface area contributed by atoms with Crippen molar-refractivity contribution in [2.45, 2.75) is 37.3 Å². The number of hydrogen-bond donors (Lipinski definition) is 0. The molecule has 136 valence electrons. The van der Waals surface area contributed by atoms with Gasteiger partial charge in [-0.1, -0.05) is 18.2 Å². The number of carbonyl (C=O) groups excluding carboxylic acids is 1. The molecular weight excluding hydrogens is 444 g/mol. The number of methoxy groups -OCH3 is 1. The number of hydrogen-bond acceptors (Lipinski definition) is 3. The molecule has 2 aliphatic rings. The van der Waals surface area contributed by atoms with Crippen molar-refractivity contribution >= 4 is 34.2 Å². The molecule has 4 rings (SSSR count). The second-order valence-electron chi connectivity index (χ2n) is 7.13. The number of benzene rings is 2. The molecule has 3 nitrogen and oxygen atoms in total. The third-order valence-electron chi connectivity index (χ3n) is 5.80. The predicted molar refractivity (Wildman–Crippen MR) is 108 cm³/mol. The first-order valence-corrected chi connectivity index (χ1v) is 10.0.